The standard InChI is InChI=1S/Ca.4Na. The quantitative estimate of drug-likeness (QED) is 0.337. The summed E-state index contributed by atoms with van der Waals surface area (Å²) in [5.74, 6) is 0. The molecule has 0 aliphatic heterocycles. The Morgan fingerprint density at radius 1 is 0.400 bits per heavy atom. The minimum atomic E-state index is 0. The first kappa shape index (κ1) is 31.8. The van der Waals surface area contributed by atoms with E-state index in [0.717, 1.165) is 0 Å². The Morgan fingerprint density at radius 2 is 0.400 bits per heavy atom. The third-order valence-electron chi connectivity index (χ3n) is 0. The average Bonchev–Trinajstić information content (AvgIpc) is 0. The Hall–Kier alpha value is 5.26. The second-order valence-electron chi connectivity index (χ2n) is 0. The summed E-state index contributed by atoms with van der Waals surface area (Å²) in [6.45, 7) is 0. The molecule has 0 atom stereocenters. The van der Waals surface area contributed by atoms with Gasteiger partial charge in [-0.2, -0.15) is 0 Å². The smallest absolute Gasteiger partial charge is 0 e. The minimum absolute atomic E-state index is 0. The second-order valence-corrected chi connectivity index (χ2v) is 0. The van der Waals surface area contributed by atoms with Gasteiger partial charge >= 0.3 is 0 Å². The van der Waals surface area contributed by atoms with E-state index in [1.807, 2.05) is 0 Å². The van der Waals surface area contributed by atoms with Crippen molar-refractivity contribution in [1.82, 2.24) is 0 Å². The fourth-order valence-electron chi connectivity index (χ4n) is 0. The van der Waals surface area contributed by atoms with E-state index < -0.39 is 0 Å². The van der Waals surface area contributed by atoms with E-state index in [0.29, 0.717) is 0 Å². The van der Waals surface area contributed by atoms with Crippen molar-refractivity contribution in [2.75, 3.05) is 0 Å². The normalized spacial score (nSPS) is 0. The number of rotatable bonds is 0. The molecule has 0 rings (SSSR count). The maximum atomic E-state index is 0. The van der Waals surface area contributed by atoms with Crippen LogP contribution in [0.1, 0.15) is 0 Å². The molecule has 0 N–H and O–H groups in total. The van der Waals surface area contributed by atoms with Gasteiger partial charge in [0.15, 0.2) is 0 Å². The van der Waals surface area contributed by atoms with Gasteiger partial charge in [0.05, 0.1) is 0 Å². The van der Waals surface area contributed by atoms with Crippen molar-refractivity contribution in [3.63, 3.8) is 0 Å². The topological polar surface area (TPSA) is 0 Å². The van der Waals surface area contributed by atoms with Gasteiger partial charge < -0.3 is 0 Å². The van der Waals surface area contributed by atoms with Gasteiger partial charge in [0.1, 0.15) is 0 Å². The van der Waals surface area contributed by atoms with Crippen molar-refractivity contribution < 1.29 is 0 Å². The monoisotopic (exact) mass is 132 g/mol. The SMILES string of the molecule is [Ca].[Na].[Na].[Na].[Na]. The molecule has 0 fully saturated rings. The van der Waals surface area contributed by atoms with Crippen LogP contribution in [0.25, 0.3) is 0 Å². The maximum absolute atomic E-state index is 0. The summed E-state index contributed by atoms with van der Waals surface area (Å²) >= 11 is 0. The van der Waals surface area contributed by atoms with E-state index in [2.05, 4.69) is 0 Å². The predicted octanol–water partition coefficient (Wildman–Crippen LogP) is -1.90. The second kappa shape index (κ2) is 22.8. The van der Waals surface area contributed by atoms with Gasteiger partial charge in [0, 0.05) is 156 Å². The summed E-state index contributed by atoms with van der Waals surface area (Å²) in [6.07, 6.45) is 0. The van der Waals surface area contributed by atoms with E-state index >= 15 is 0 Å². The third-order valence-corrected chi connectivity index (χ3v) is 0. The summed E-state index contributed by atoms with van der Waals surface area (Å²) < 4.78 is 0. The van der Waals surface area contributed by atoms with Gasteiger partial charge in [-0.15, -0.1) is 0 Å². The Bertz CT molecular complexity index is 3.61. The predicted molar refractivity (Wildman–Crippen MR) is 28.8 cm³/mol. The van der Waals surface area contributed by atoms with Gasteiger partial charge in [-0.05, 0) is 0 Å². The molecule has 0 heterocycles. The van der Waals surface area contributed by atoms with Crippen LogP contribution in [0.3, 0.4) is 0 Å². The molecule has 0 saturated carbocycles. The zero-order valence-electron chi connectivity index (χ0n) is 4.71. The van der Waals surface area contributed by atoms with Crippen LogP contribution >= 0.6 is 0 Å². The number of hydrogen-bond acceptors (Lipinski definition) is 0. The zero-order chi connectivity index (χ0) is 0. The van der Waals surface area contributed by atoms with Crippen LogP contribution in [-0.4, -0.2) is 156 Å². The first-order chi connectivity index (χ1) is 0. The summed E-state index contributed by atoms with van der Waals surface area (Å²) in [6, 6.07) is 0. The Kier molecular flexibility index (Phi) is 145. The van der Waals surface area contributed by atoms with Crippen molar-refractivity contribution in [2.45, 2.75) is 0 Å². The van der Waals surface area contributed by atoms with Crippen LogP contribution in [0.5, 0.6) is 0 Å². The molecular formula is CaNa4. The molecule has 5 heteroatoms. The zero-order valence-corrected chi connectivity index (χ0v) is 14.9. The van der Waals surface area contributed by atoms with E-state index in [1.165, 1.54) is 0 Å². The molecule has 0 aromatic heterocycles. The Labute approximate surface area is 151 Å². The van der Waals surface area contributed by atoms with Gasteiger partial charge in [-0.1, -0.05) is 0 Å². The molecule has 0 aliphatic carbocycles. The Balaban J connectivity index is 0. The minimum Gasteiger partial charge on any atom is 0 e. The molecule has 0 aliphatic rings. The maximum Gasteiger partial charge on any atom is 0 e. The van der Waals surface area contributed by atoms with Crippen molar-refractivity contribution in [3.8, 4) is 0 Å². The molecule has 0 saturated heterocycles. The molecule has 0 amide bonds. The van der Waals surface area contributed by atoms with Crippen molar-refractivity contribution in [1.29, 1.82) is 0 Å². The first-order valence-corrected chi connectivity index (χ1v) is 0. The molecule has 0 unspecified atom stereocenters. The van der Waals surface area contributed by atoms with Crippen LogP contribution in [-0.2, 0) is 0 Å². The molecule has 6 valence electrons. The van der Waals surface area contributed by atoms with Crippen molar-refractivity contribution in [3.05, 3.63) is 0 Å². The van der Waals surface area contributed by atoms with E-state index in [4.69, 9.17) is 0 Å². The van der Waals surface area contributed by atoms with Crippen LogP contribution in [0.2, 0.25) is 0 Å². The molecule has 0 aromatic rings. The van der Waals surface area contributed by atoms with Crippen molar-refractivity contribution >= 4 is 156 Å². The summed E-state index contributed by atoms with van der Waals surface area (Å²) in [4.78, 5) is 0. The molecule has 0 spiro atoms. The van der Waals surface area contributed by atoms with Crippen LogP contribution in [0.4, 0.5) is 0 Å². The van der Waals surface area contributed by atoms with Crippen LogP contribution in [0.15, 0.2) is 0 Å². The van der Waals surface area contributed by atoms with E-state index in [-0.39, 0.29) is 156 Å². The van der Waals surface area contributed by atoms with Crippen LogP contribution < -0.4 is 0 Å². The Morgan fingerprint density at radius 3 is 0.400 bits per heavy atom. The van der Waals surface area contributed by atoms with Gasteiger partial charge in [0.2, 0.25) is 0 Å². The summed E-state index contributed by atoms with van der Waals surface area (Å²) in [5.41, 5.74) is 0. The first-order valence-electron chi connectivity index (χ1n) is 0. The molecule has 0 bridgehead atoms. The fourth-order valence-corrected chi connectivity index (χ4v) is 0. The molecule has 0 nitrogen and oxygen atoms in total. The molecular weight excluding hydrogens is 132 g/mol. The van der Waals surface area contributed by atoms with Crippen molar-refractivity contribution in [2.24, 2.45) is 0 Å². The van der Waals surface area contributed by atoms with E-state index in [1.54, 1.807) is 0 Å². The number of hydrogen-bond donors (Lipinski definition) is 0. The van der Waals surface area contributed by atoms with Gasteiger partial charge in [-0.3, -0.25) is 0 Å². The fraction of sp³-hybridized carbons (Fsp3) is 0. The van der Waals surface area contributed by atoms with Crippen LogP contribution in [0, 0.1) is 0 Å². The molecule has 0 aromatic carbocycles. The average molecular weight is 132 g/mol. The third kappa shape index (κ3) is 17.6. The summed E-state index contributed by atoms with van der Waals surface area (Å²) in [7, 11) is 0. The summed E-state index contributed by atoms with van der Waals surface area (Å²) in [5, 5.41) is 0. The largest absolute Gasteiger partial charge is 0 e. The molecule has 5 heavy (non-hydrogen) atoms. The molecule has 6 radical (unpaired) electrons. The van der Waals surface area contributed by atoms with E-state index in [9.17, 15) is 0 Å². The van der Waals surface area contributed by atoms with Gasteiger partial charge in [0.25, 0.3) is 0 Å². The van der Waals surface area contributed by atoms with Gasteiger partial charge in [-0.25, -0.2) is 0 Å².